The van der Waals surface area contributed by atoms with Crippen LogP contribution in [0.15, 0.2) is 36.5 Å². The molecule has 0 aromatic rings. The fourth-order valence-electron chi connectivity index (χ4n) is 7.25. The summed E-state index contributed by atoms with van der Waals surface area (Å²) < 4.78 is 17.4. The number of unbranched alkanes of at least 4 members (excludes halogenated alkanes) is 30. The third-order valence-electron chi connectivity index (χ3n) is 11.1. The SMILES string of the molecule is CCCC/C=C\CCCCCCCCOCC(COC(=O)CCCCCCC/C=C\CCCCCCCC)OC(=O)CCCCCCC/C=C\CCCCCCCC. The van der Waals surface area contributed by atoms with E-state index in [-0.39, 0.29) is 25.2 Å². The molecule has 0 aliphatic carbocycles. The number of rotatable bonds is 47. The number of allylic oxidation sites excluding steroid dienone is 6. The zero-order valence-corrected chi connectivity index (χ0v) is 39.1. The fraction of sp³-hybridized carbons (Fsp3) is 0.849. The summed E-state index contributed by atoms with van der Waals surface area (Å²) in [6.45, 7) is 7.79. The highest BCUT2D eigenvalue weighted by Crippen LogP contribution is 2.14. The summed E-state index contributed by atoms with van der Waals surface area (Å²) in [4.78, 5) is 25.3. The topological polar surface area (TPSA) is 61.8 Å². The Balaban J connectivity index is 4.26. The molecule has 5 nitrogen and oxygen atoms in total. The van der Waals surface area contributed by atoms with Crippen LogP contribution < -0.4 is 0 Å². The Morgan fingerprint density at radius 3 is 1.10 bits per heavy atom. The van der Waals surface area contributed by atoms with E-state index in [1.54, 1.807) is 0 Å². The molecule has 0 N–H and O–H groups in total. The molecule has 340 valence electrons. The Bertz CT molecular complexity index is 924. The molecule has 0 radical (unpaired) electrons. The lowest BCUT2D eigenvalue weighted by Gasteiger charge is -2.18. The van der Waals surface area contributed by atoms with Crippen LogP contribution in [0.25, 0.3) is 0 Å². The standard InChI is InChI=1S/C53H98O5/c1-4-7-10-13-16-19-22-25-27-29-31-34-37-40-43-46-52(54)57-50-51(49-56-48-45-42-39-36-33-24-21-18-15-12-9-6-3)58-53(55)47-44-41-38-35-32-30-28-26-23-20-17-14-11-8-5-2/h15,18,25-28,51H,4-14,16-17,19-24,29-50H2,1-3H3/b18-15-,27-25-,28-26-. The molecule has 0 heterocycles. The van der Waals surface area contributed by atoms with E-state index in [2.05, 4.69) is 57.2 Å². The lowest BCUT2D eigenvalue weighted by molar-refractivity contribution is -0.163. The van der Waals surface area contributed by atoms with Crippen LogP contribution in [-0.4, -0.2) is 37.9 Å². The van der Waals surface area contributed by atoms with Gasteiger partial charge in [0.2, 0.25) is 0 Å². The second-order valence-corrected chi connectivity index (χ2v) is 17.1. The van der Waals surface area contributed by atoms with Gasteiger partial charge >= 0.3 is 11.9 Å². The lowest BCUT2D eigenvalue weighted by atomic mass is 10.1. The molecule has 0 rings (SSSR count). The van der Waals surface area contributed by atoms with Gasteiger partial charge in [0, 0.05) is 19.4 Å². The number of hydrogen-bond acceptors (Lipinski definition) is 5. The molecule has 0 spiro atoms. The summed E-state index contributed by atoms with van der Waals surface area (Å²) in [7, 11) is 0. The van der Waals surface area contributed by atoms with E-state index in [1.165, 1.54) is 167 Å². The highest BCUT2D eigenvalue weighted by atomic mass is 16.6. The van der Waals surface area contributed by atoms with E-state index in [4.69, 9.17) is 14.2 Å². The predicted octanol–water partition coefficient (Wildman–Crippen LogP) is 17.0. The molecule has 5 heteroatoms. The van der Waals surface area contributed by atoms with Gasteiger partial charge in [-0.3, -0.25) is 9.59 Å². The minimum atomic E-state index is -0.543. The molecule has 0 aliphatic rings. The smallest absolute Gasteiger partial charge is 0.306 e. The van der Waals surface area contributed by atoms with Gasteiger partial charge < -0.3 is 14.2 Å². The summed E-state index contributed by atoms with van der Waals surface area (Å²) in [5.74, 6) is -0.410. The monoisotopic (exact) mass is 815 g/mol. The van der Waals surface area contributed by atoms with Crippen molar-refractivity contribution < 1.29 is 23.8 Å². The van der Waals surface area contributed by atoms with Gasteiger partial charge in [0.15, 0.2) is 6.10 Å². The van der Waals surface area contributed by atoms with E-state index < -0.39 is 6.10 Å². The van der Waals surface area contributed by atoms with Crippen molar-refractivity contribution in [1.29, 1.82) is 0 Å². The van der Waals surface area contributed by atoms with E-state index in [0.717, 1.165) is 64.2 Å². The van der Waals surface area contributed by atoms with Crippen LogP contribution >= 0.6 is 0 Å². The quantitative estimate of drug-likeness (QED) is 0.0348. The molecular weight excluding hydrogens is 717 g/mol. The molecule has 0 bridgehead atoms. The van der Waals surface area contributed by atoms with Gasteiger partial charge in [0.1, 0.15) is 6.61 Å². The van der Waals surface area contributed by atoms with Gasteiger partial charge in [-0.15, -0.1) is 0 Å². The molecular formula is C53H98O5. The van der Waals surface area contributed by atoms with Gasteiger partial charge in [0.25, 0.3) is 0 Å². The maximum atomic E-state index is 12.8. The van der Waals surface area contributed by atoms with Crippen LogP contribution in [0.5, 0.6) is 0 Å². The normalized spacial score (nSPS) is 12.4. The highest BCUT2D eigenvalue weighted by Gasteiger charge is 2.17. The maximum absolute atomic E-state index is 12.8. The maximum Gasteiger partial charge on any atom is 0.306 e. The number of hydrogen-bond donors (Lipinski definition) is 0. The molecule has 0 aliphatic heterocycles. The van der Waals surface area contributed by atoms with Gasteiger partial charge in [0.05, 0.1) is 6.61 Å². The van der Waals surface area contributed by atoms with E-state index >= 15 is 0 Å². The lowest BCUT2D eigenvalue weighted by Crippen LogP contribution is -2.30. The first-order chi connectivity index (χ1) is 28.6. The van der Waals surface area contributed by atoms with Crippen LogP contribution in [-0.2, 0) is 23.8 Å². The third-order valence-corrected chi connectivity index (χ3v) is 11.1. The average molecular weight is 815 g/mol. The van der Waals surface area contributed by atoms with E-state index in [9.17, 15) is 9.59 Å². The second-order valence-electron chi connectivity index (χ2n) is 17.1. The van der Waals surface area contributed by atoms with Crippen LogP contribution in [0.3, 0.4) is 0 Å². The first kappa shape index (κ1) is 56.1. The van der Waals surface area contributed by atoms with Crippen molar-refractivity contribution >= 4 is 11.9 Å². The molecule has 0 saturated heterocycles. The van der Waals surface area contributed by atoms with Gasteiger partial charge in [-0.25, -0.2) is 0 Å². The van der Waals surface area contributed by atoms with E-state index in [1.807, 2.05) is 0 Å². The first-order valence-corrected chi connectivity index (χ1v) is 25.5. The summed E-state index contributed by atoms with van der Waals surface area (Å²) in [5.41, 5.74) is 0. The number of carbonyl (C=O) groups excluding carboxylic acids is 2. The highest BCUT2D eigenvalue weighted by molar-refractivity contribution is 5.70. The molecule has 1 atom stereocenters. The number of esters is 2. The van der Waals surface area contributed by atoms with Gasteiger partial charge in [-0.1, -0.05) is 198 Å². The summed E-state index contributed by atoms with van der Waals surface area (Å²) in [6, 6.07) is 0. The Morgan fingerprint density at radius 1 is 0.362 bits per heavy atom. The Labute approximate surface area is 361 Å². The summed E-state index contributed by atoms with van der Waals surface area (Å²) in [6.07, 6.45) is 58.6. The zero-order valence-electron chi connectivity index (χ0n) is 39.1. The molecule has 0 aromatic carbocycles. The third kappa shape index (κ3) is 46.8. The minimum absolute atomic E-state index is 0.0783. The Morgan fingerprint density at radius 2 is 0.690 bits per heavy atom. The number of ether oxygens (including phenoxy) is 3. The summed E-state index contributed by atoms with van der Waals surface area (Å²) in [5, 5.41) is 0. The van der Waals surface area contributed by atoms with Crippen molar-refractivity contribution in [2.24, 2.45) is 0 Å². The van der Waals surface area contributed by atoms with Crippen LogP contribution in [0.1, 0.15) is 265 Å². The average Bonchev–Trinajstić information content (AvgIpc) is 3.22. The first-order valence-electron chi connectivity index (χ1n) is 25.5. The molecule has 0 aromatic heterocycles. The fourth-order valence-corrected chi connectivity index (χ4v) is 7.25. The number of carbonyl (C=O) groups is 2. The van der Waals surface area contributed by atoms with Crippen molar-refractivity contribution in [1.82, 2.24) is 0 Å². The van der Waals surface area contributed by atoms with E-state index in [0.29, 0.717) is 19.4 Å². The Kier molecular flexibility index (Phi) is 47.9. The van der Waals surface area contributed by atoms with Crippen molar-refractivity contribution in [2.75, 3.05) is 19.8 Å². The second kappa shape index (κ2) is 49.5. The zero-order chi connectivity index (χ0) is 42.1. The summed E-state index contributed by atoms with van der Waals surface area (Å²) >= 11 is 0. The van der Waals surface area contributed by atoms with Crippen molar-refractivity contribution in [3.8, 4) is 0 Å². The van der Waals surface area contributed by atoms with Crippen molar-refractivity contribution in [2.45, 2.75) is 271 Å². The predicted molar refractivity (Wildman–Crippen MR) is 252 cm³/mol. The molecule has 0 saturated carbocycles. The van der Waals surface area contributed by atoms with Crippen LogP contribution in [0.4, 0.5) is 0 Å². The molecule has 58 heavy (non-hydrogen) atoms. The molecule has 0 fully saturated rings. The van der Waals surface area contributed by atoms with Crippen molar-refractivity contribution in [3.05, 3.63) is 36.5 Å². The molecule has 0 amide bonds. The molecule has 1 unspecified atom stereocenters. The Hall–Kier alpha value is -1.88. The van der Waals surface area contributed by atoms with Gasteiger partial charge in [-0.2, -0.15) is 0 Å². The van der Waals surface area contributed by atoms with Gasteiger partial charge in [-0.05, 0) is 89.9 Å². The largest absolute Gasteiger partial charge is 0.462 e. The van der Waals surface area contributed by atoms with Crippen LogP contribution in [0, 0.1) is 0 Å². The van der Waals surface area contributed by atoms with Crippen molar-refractivity contribution in [3.63, 3.8) is 0 Å². The minimum Gasteiger partial charge on any atom is -0.462 e. The van der Waals surface area contributed by atoms with Crippen LogP contribution in [0.2, 0.25) is 0 Å².